The van der Waals surface area contributed by atoms with Gasteiger partial charge in [0, 0.05) is 12.5 Å². The molecule has 1 amide bonds. The third kappa shape index (κ3) is 5.01. The van der Waals surface area contributed by atoms with Crippen LogP contribution in [0, 0.1) is 5.92 Å². The second kappa shape index (κ2) is 7.20. The number of hydrogen-bond acceptors (Lipinski definition) is 5. The fourth-order valence-corrected chi connectivity index (χ4v) is 2.86. The Morgan fingerprint density at radius 2 is 1.88 bits per heavy atom. The van der Waals surface area contributed by atoms with Crippen LogP contribution in [0.5, 0.6) is 0 Å². The normalized spacial score (nSPS) is 14.1. The summed E-state index contributed by atoms with van der Waals surface area (Å²) in [5.41, 5.74) is 1.85. The summed E-state index contributed by atoms with van der Waals surface area (Å²) in [6.07, 6.45) is 4.32. The van der Waals surface area contributed by atoms with Crippen LogP contribution in [0.25, 0.3) is 0 Å². The standard InChI is InChI=1S/C17H20N4O3S/c18-25(23,24)15-6-1-12(2-7-15)9-10-19-14-5-8-16(20-11-14)21-17(22)13-3-4-13/h1-2,5-8,11,13,19H,3-4,9-10H2,(H2,18,23,24)(H,20,21,22). The molecule has 4 N–H and O–H groups in total. The smallest absolute Gasteiger partial charge is 0.238 e. The molecule has 0 unspecified atom stereocenters. The molecule has 8 heteroatoms. The Hall–Kier alpha value is -2.45. The van der Waals surface area contributed by atoms with Gasteiger partial charge in [-0.2, -0.15) is 0 Å². The minimum Gasteiger partial charge on any atom is -0.383 e. The molecule has 0 saturated heterocycles. The summed E-state index contributed by atoms with van der Waals surface area (Å²) in [4.78, 5) is 16.0. The number of anilines is 2. The average molecular weight is 360 g/mol. The maximum Gasteiger partial charge on any atom is 0.238 e. The van der Waals surface area contributed by atoms with Crippen LogP contribution in [-0.4, -0.2) is 25.9 Å². The van der Waals surface area contributed by atoms with Gasteiger partial charge in [-0.1, -0.05) is 12.1 Å². The van der Waals surface area contributed by atoms with Crippen molar-refractivity contribution in [3.05, 3.63) is 48.2 Å². The van der Waals surface area contributed by atoms with E-state index in [9.17, 15) is 13.2 Å². The van der Waals surface area contributed by atoms with E-state index in [1.54, 1.807) is 24.4 Å². The molecular weight excluding hydrogens is 340 g/mol. The first kappa shape index (κ1) is 17.4. The zero-order valence-electron chi connectivity index (χ0n) is 13.6. The summed E-state index contributed by atoms with van der Waals surface area (Å²) in [5.74, 6) is 0.748. The lowest BCUT2D eigenvalue weighted by Gasteiger charge is -2.08. The number of nitrogens with one attached hydrogen (secondary N) is 2. The number of carbonyl (C=O) groups excluding carboxylic acids is 1. The maximum atomic E-state index is 11.7. The minimum absolute atomic E-state index is 0.0381. The van der Waals surface area contributed by atoms with E-state index in [1.807, 2.05) is 6.07 Å². The number of nitrogens with zero attached hydrogens (tertiary/aromatic N) is 1. The summed E-state index contributed by atoms with van der Waals surface area (Å²) < 4.78 is 22.4. The first-order chi connectivity index (χ1) is 11.9. The molecule has 0 bridgehead atoms. The molecule has 1 aromatic carbocycles. The molecule has 7 nitrogen and oxygen atoms in total. The predicted octanol–water partition coefficient (Wildman–Crippen LogP) is 1.73. The highest BCUT2D eigenvalue weighted by Crippen LogP contribution is 2.29. The van der Waals surface area contributed by atoms with Gasteiger partial charge < -0.3 is 10.6 Å². The number of aromatic nitrogens is 1. The summed E-state index contributed by atoms with van der Waals surface area (Å²) in [6.45, 7) is 0.671. The van der Waals surface area contributed by atoms with Gasteiger partial charge in [-0.05, 0) is 49.1 Å². The van der Waals surface area contributed by atoms with Crippen molar-refractivity contribution in [1.29, 1.82) is 0 Å². The number of pyridine rings is 1. The van der Waals surface area contributed by atoms with Crippen molar-refractivity contribution in [3.63, 3.8) is 0 Å². The Morgan fingerprint density at radius 3 is 2.44 bits per heavy atom. The van der Waals surface area contributed by atoms with Crippen LogP contribution in [-0.2, 0) is 21.2 Å². The van der Waals surface area contributed by atoms with Gasteiger partial charge in [-0.15, -0.1) is 0 Å². The summed E-state index contributed by atoms with van der Waals surface area (Å²) >= 11 is 0. The van der Waals surface area contributed by atoms with E-state index in [4.69, 9.17) is 5.14 Å². The van der Waals surface area contributed by atoms with Crippen molar-refractivity contribution in [2.75, 3.05) is 17.2 Å². The van der Waals surface area contributed by atoms with Gasteiger partial charge in [0.1, 0.15) is 5.82 Å². The Morgan fingerprint density at radius 1 is 1.16 bits per heavy atom. The number of carbonyl (C=O) groups is 1. The minimum atomic E-state index is -3.65. The zero-order chi connectivity index (χ0) is 17.9. The Balaban J connectivity index is 1.47. The zero-order valence-corrected chi connectivity index (χ0v) is 14.4. The number of benzene rings is 1. The summed E-state index contributed by atoms with van der Waals surface area (Å²) in [7, 11) is -3.65. The van der Waals surface area contributed by atoms with Gasteiger partial charge in [0.15, 0.2) is 0 Å². The molecule has 0 atom stereocenters. The predicted molar refractivity (Wildman–Crippen MR) is 95.6 cm³/mol. The Bertz CT molecular complexity index is 844. The number of rotatable bonds is 7. The highest BCUT2D eigenvalue weighted by atomic mass is 32.2. The van der Waals surface area contributed by atoms with E-state index in [1.165, 1.54) is 12.1 Å². The highest BCUT2D eigenvalue weighted by Gasteiger charge is 2.29. The molecule has 1 aliphatic carbocycles. The van der Waals surface area contributed by atoms with Crippen LogP contribution in [0.15, 0.2) is 47.5 Å². The molecule has 0 spiro atoms. The molecule has 1 heterocycles. The molecule has 1 aliphatic rings. The second-order valence-electron chi connectivity index (χ2n) is 6.06. The third-order valence-electron chi connectivity index (χ3n) is 3.96. The molecule has 0 aliphatic heterocycles. The second-order valence-corrected chi connectivity index (χ2v) is 7.62. The lowest BCUT2D eigenvalue weighted by Crippen LogP contribution is -2.14. The van der Waals surface area contributed by atoms with E-state index in [2.05, 4.69) is 15.6 Å². The molecule has 3 rings (SSSR count). The first-order valence-electron chi connectivity index (χ1n) is 8.04. The molecule has 1 saturated carbocycles. The number of amides is 1. The molecule has 1 fully saturated rings. The molecule has 1 aromatic heterocycles. The van der Waals surface area contributed by atoms with Gasteiger partial charge in [0.2, 0.25) is 15.9 Å². The van der Waals surface area contributed by atoms with E-state index in [-0.39, 0.29) is 16.7 Å². The van der Waals surface area contributed by atoms with Crippen LogP contribution in [0.4, 0.5) is 11.5 Å². The fraction of sp³-hybridized carbons (Fsp3) is 0.294. The quantitative estimate of drug-likeness (QED) is 0.696. The van der Waals surface area contributed by atoms with Gasteiger partial charge in [0.05, 0.1) is 16.8 Å². The Kier molecular flexibility index (Phi) is 5.00. The Labute approximate surface area is 146 Å². The fourth-order valence-electron chi connectivity index (χ4n) is 2.34. The van der Waals surface area contributed by atoms with Crippen LogP contribution < -0.4 is 15.8 Å². The van der Waals surface area contributed by atoms with Crippen molar-refractivity contribution in [2.45, 2.75) is 24.2 Å². The summed E-state index contributed by atoms with van der Waals surface area (Å²) in [5, 5.41) is 11.1. The maximum absolute atomic E-state index is 11.7. The molecule has 0 radical (unpaired) electrons. The monoisotopic (exact) mass is 360 g/mol. The van der Waals surface area contributed by atoms with Gasteiger partial charge >= 0.3 is 0 Å². The van der Waals surface area contributed by atoms with Gasteiger partial charge in [0.25, 0.3) is 0 Å². The number of sulfonamides is 1. The van der Waals surface area contributed by atoms with Crippen molar-refractivity contribution >= 4 is 27.4 Å². The van der Waals surface area contributed by atoms with Crippen molar-refractivity contribution in [1.82, 2.24) is 4.98 Å². The van der Waals surface area contributed by atoms with Crippen molar-refractivity contribution in [2.24, 2.45) is 11.1 Å². The van der Waals surface area contributed by atoms with Crippen LogP contribution in [0.3, 0.4) is 0 Å². The van der Waals surface area contributed by atoms with E-state index < -0.39 is 10.0 Å². The average Bonchev–Trinajstić information content (AvgIpc) is 3.41. The van der Waals surface area contributed by atoms with E-state index in [0.717, 1.165) is 30.5 Å². The number of primary sulfonamides is 1. The summed E-state index contributed by atoms with van der Waals surface area (Å²) in [6, 6.07) is 10.1. The topological polar surface area (TPSA) is 114 Å². The molecule has 25 heavy (non-hydrogen) atoms. The van der Waals surface area contributed by atoms with Crippen LogP contribution in [0.1, 0.15) is 18.4 Å². The van der Waals surface area contributed by atoms with Crippen LogP contribution >= 0.6 is 0 Å². The largest absolute Gasteiger partial charge is 0.383 e. The van der Waals surface area contributed by atoms with Gasteiger partial charge in [-0.25, -0.2) is 18.5 Å². The first-order valence-corrected chi connectivity index (χ1v) is 9.59. The molecule has 132 valence electrons. The highest BCUT2D eigenvalue weighted by molar-refractivity contribution is 7.89. The van der Waals surface area contributed by atoms with Crippen molar-refractivity contribution in [3.8, 4) is 0 Å². The molecular formula is C17H20N4O3S. The lowest BCUT2D eigenvalue weighted by atomic mass is 10.1. The molecule has 2 aromatic rings. The van der Waals surface area contributed by atoms with E-state index in [0.29, 0.717) is 12.4 Å². The van der Waals surface area contributed by atoms with Gasteiger partial charge in [-0.3, -0.25) is 4.79 Å². The van der Waals surface area contributed by atoms with E-state index >= 15 is 0 Å². The lowest BCUT2D eigenvalue weighted by molar-refractivity contribution is -0.117. The van der Waals surface area contributed by atoms with Crippen LogP contribution in [0.2, 0.25) is 0 Å². The number of hydrogen-bond donors (Lipinski definition) is 3. The van der Waals surface area contributed by atoms with Crippen molar-refractivity contribution < 1.29 is 13.2 Å². The third-order valence-corrected chi connectivity index (χ3v) is 4.89. The number of nitrogens with two attached hydrogens (primary N) is 1. The SMILES string of the molecule is NS(=O)(=O)c1ccc(CCNc2ccc(NC(=O)C3CC3)nc2)cc1.